The number of amidine groups is 1. The monoisotopic (exact) mass is 449 g/mol. The molecule has 0 amide bonds. The van der Waals surface area contributed by atoms with Crippen LogP contribution in [0.5, 0.6) is 0 Å². The van der Waals surface area contributed by atoms with Crippen molar-refractivity contribution in [1.82, 2.24) is 14.9 Å². The summed E-state index contributed by atoms with van der Waals surface area (Å²) in [5, 5.41) is 6.27. The molecule has 1 aliphatic carbocycles. The minimum atomic E-state index is -0.265. The molecule has 1 unspecified atom stereocenters. The van der Waals surface area contributed by atoms with Gasteiger partial charge >= 0.3 is 0 Å². The van der Waals surface area contributed by atoms with Gasteiger partial charge in [-0.25, -0.2) is 9.37 Å². The average Bonchev–Trinajstić information content (AvgIpc) is 3.15. The van der Waals surface area contributed by atoms with Crippen molar-refractivity contribution >= 4 is 17.2 Å². The first-order valence-electron chi connectivity index (χ1n) is 10.9. The molecule has 0 saturated carbocycles. The molecule has 2 heterocycles. The standard InChI is InChI=1S/C25H28FN5O2/c1-18-16-31(17-30-18)22-9-3-19(4-10-23(22)32-2)15-24-25(29-13-14-33-24)28-12-11-27-21-7-5-20(26)6-8-21/h3,5-9,11-12,15-17,19,27H,4,10,13-14H2,1-2H3,(H,28,29)/b12-11-,24-15-. The van der Waals surface area contributed by atoms with Crippen molar-refractivity contribution in [2.24, 2.45) is 10.9 Å². The number of nitrogens with one attached hydrogen (secondary N) is 2. The predicted molar refractivity (Wildman–Crippen MR) is 128 cm³/mol. The van der Waals surface area contributed by atoms with Gasteiger partial charge in [-0.05, 0) is 55.7 Å². The van der Waals surface area contributed by atoms with Crippen LogP contribution in [0.4, 0.5) is 10.1 Å². The molecule has 7 nitrogen and oxygen atoms in total. The largest absolute Gasteiger partial charge is 0.499 e. The molecule has 4 rings (SSSR count). The number of allylic oxidation sites excluding steroid dienone is 5. The fourth-order valence-corrected chi connectivity index (χ4v) is 3.66. The van der Waals surface area contributed by atoms with E-state index in [1.165, 1.54) is 12.1 Å². The first-order valence-corrected chi connectivity index (χ1v) is 10.9. The van der Waals surface area contributed by atoms with E-state index in [4.69, 9.17) is 9.47 Å². The molecular weight excluding hydrogens is 421 g/mol. The summed E-state index contributed by atoms with van der Waals surface area (Å²) in [7, 11) is 1.71. The molecule has 1 aromatic carbocycles. The number of nitrogens with zero attached hydrogens (tertiary/aromatic N) is 3. The Morgan fingerprint density at radius 2 is 2.03 bits per heavy atom. The SMILES string of the molecule is COC1=C(n2cnc(C)c2)C=CC(/C=C2\OCCN=C2N/C=C\Nc2ccc(F)cc2)CC1. The van der Waals surface area contributed by atoms with Crippen molar-refractivity contribution in [3.8, 4) is 0 Å². The maximum absolute atomic E-state index is 13.0. The Labute approximate surface area is 193 Å². The highest BCUT2D eigenvalue weighted by Crippen LogP contribution is 2.28. The average molecular weight is 450 g/mol. The fourth-order valence-electron chi connectivity index (χ4n) is 3.66. The van der Waals surface area contributed by atoms with Crippen LogP contribution in [0.25, 0.3) is 5.70 Å². The van der Waals surface area contributed by atoms with Crippen molar-refractivity contribution in [2.75, 3.05) is 25.6 Å². The normalized spacial score (nSPS) is 19.9. The lowest BCUT2D eigenvalue weighted by molar-refractivity contribution is 0.227. The lowest BCUT2D eigenvalue weighted by Crippen LogP contribution is -2.27. The summed E-state index contributed by atoms with van der Waals surface area (Å²) in [5.74, 6) is 2.23. The van der Waals surface area contributed by atoms with Gasteiger partial charge in [-0.3, -0.25) is 4.99 Å². The van der Waals surface area contributed by atoms with Gasteiger partial charge < -0.3 is 24.7 Å². The maximum atomic E-state index is 13.0. The van der Waals surface area contributed by atoms with Crippen molar-refractivity contribution in [3.63, 3.8) is 0 Å². The number of hydrogen-bond donors (Lipinski definition) is 2. The summed E-state index contributed by atoms with van der Waals surface area (Å²) in [6.07, 6.45) is 15.3. The van der Waals surface area contributed by atoms with Crippen molar-refractivity contribution in [2.45, 2.75) is 19.8 Å². The van der Waals surface area contributed by atoms with E-state index < -0.39 is 0 Å². The van der Waals surface area contributed by atoms with Gasteiger partial charge in [0, 0.05) is 30.7 Å². The number of halogens is 1. The summed E-state index contributed by atoms with van der Waals surface area (Å²) >= 11 is 0. The highest BCUT2D eigenvalue weighted by atomic mass is 19.1. The van der Waals surface area contributed by atoms with Crippen LogP contribution in [-0.4, -0.2) is 35.6 Å². The number of rotatable bonds is 6. The Balaban J connectivity index is 1.42. The van der Waals surface area contributed by atoms with Crippen LogP contribution in [0.15, 0.2) is 83.9 Å². The second kappa shape index (κ2) is 10.7. The van der Waals surface area contributed by atoms with Gasteiger partial charge in [0.25, 0.3) is 0 Å². The molecule has 1 aromatic heterocycles. The van der Waals surface area contributed by atoms with Crippen molar-refractivity contribution in [3.05, 3.63) is 90.4 Å². The van der Waals surface area contributed by atoms with E-state index in [1.54, 1.807) is 38.0 Å². The van der Waals surface area contributed by atoms with Crippen LogP contribution >= 0.6 is 0 Å². The molecule has 33 heavy (non-hydrogen) atoms. The summed E-state index contributed by atoms with van der Waals surface area (Å²) in [5.41, 5.74) is 2.74. The van der Waals surface area contributed by atoms with Gasteiger partial charge in [-0.2, -0.15) is 0 Å². The van der Waals surface area contributed by atoms with Gasteiger partial charge in [0.15, 0.2) is 11.6 Å². The number of methoxy groups -OCH3 is 1. The van der Waals surface area contributed by atoms with Crippen molar-refractivity contribution in [1.29, 1.82) is 0 Å². The molecular formula is C25H28FN5O2. The predicted octanol–water partition coefficient (Wildman–Crippen LogP) is 4.60. The molecule has 0 saturated heterocycles. The van der Waals surface area contributed by atoms with Gasteiger partial charge in [0.05, 0.1) is 31.4 Å². The fraction of sp³-hybridized carbons (Fsp3) is 0.280. The van der Waals surface area contributed by atoms with E-state index in [2.05, 4.69) is 38.8 Å². The van der Waals surface area contributed by atoms with E-state index in [0.717, 1.165) is 41.4 Å². The number of benzene rings is 1. The third kappa shape index (κ3) is 5.91. The first kappa shape index (κ1) is 22.4. The molecule has 0 spiro atoms. The molecule has 172 valence electrons. The Morgan fingerprint density at radius 3 is 2.79 bits per heavy atom. The number of imidazole rings is 1. The molecule has 1 atom stereocenters. The third-order valence-electron chi connectivity index (χ3n) is 5.34. The van der Waals surface area contributed by atoms with E-state index in [1.807, 2.05) is 17.7 Å². The molecule has 8 heteroatoms. The molecule has 2 aliphatic rings. The van der Waals surface area contributed by atoms with E-state index in [9.17, 15) is 4.39 Å². The zero-order chi connectivity index (χ0) is 23.0. The second-order valence-electron chi connectivity index (χ2n) is 7.74. The zero-order valence-electron chi connectivity index (χ0n) is 18.8. The van der Waals surface area contributed by atoms with Crippen LogP contribution in [0.2, 0.25) is 0 Å². The second-order valence-corrected chi connectivity index (χ2v) is 7.74. The number of ether oxygens (including phenoxy) is 2. The molecule has 0 radical (unpaired) electrons. The van der Waals surface area contributed by atoms with Crippen LogP contribution in [0.1, 0.15) is 18.5 Å². The highest BCUT2D eigenvalue weighted by Gasteiger charge is 2.18. The Kier molecular flexibility index (Phi) is 7.24. The van der Waals surface area contributed by atoms with E-state index in [-0.39, 0.29) is 11.7 Å². The quantitative estimate of drug-likeness (QED) is 0.675. The molecule has 0 bridgehead atoms. The number of aliphatic imine (C=N–C) groups is 1. The molecule has 2 aromatic rings. The summed E-state index contributed by atoms with van der Waals surface area (Å²) in [4.78, 5) is 8.89. The molecule has 2 N–H and O–H groups in total. The summed E-state index contributed by atoms with van der Waals surface area (Å²) in [6.45, 7) is 3.11. The highest BCUT2D eigenvalue weighted by molar-refractivity contribution is 5.97. The van der Waals surface area contributed by atoms with Gasteiger partial charge in [0.2, 0.25) is 0 Å². The summed E-state index contributed by atoms with van der Waals surface area (Å²) in [6, 6.07) is 6.17. The Bertz CT molecular complexity index is 1110. The number of aromatic nitrogens is 2. The number of aryl methyl sites for hydroxylation is 1. The topological polar surface area (TPSA) is 72.7 Å². The van der Waals surface area contributed by atoms with Gasteiger partial charge in [-0.15, -0.1) is 0 Å². The Morgan fingerprint density at radius 1 is 1.21 bits per heavy atom. The third-order valence-corrected chi connectivity index (χ3v) is 5.34. The summed E-state index contributed by atoms with van der Waals surface area (Å²) < 4.78 is 26.6. The lowest BCUT2D eigenvalue weighted by Gasteiger charge is -2.19. The number of anilines is 1. The van der Waals surface area contributed by atoms with E-state index in [0.29, 0.717) is 19.0 Å². The van der Waals surface area contributed by atoms with Crippen LogP contribution in [0.3, 0.4) is 0 Å². The minimum absolute atomic E-state index is 0.165. The van der Waals surface area contributed by atoms with Crippen molar-refractivity contribution < 1.29 is 13.9 Å². The van der Waals surface area contributed by atoms with Gasteiger partial charge in [0.1, 0.15) is 18.2 Å². The van der Waals surface area contributed by atoms with Crippen LogP contribution in [-0.2, 0) is 9.47 Å². The van der Waals surface area contributed by atoms with Crippen LogP contribution < -0.4 is 10.6 Å². The minimum Gasteiger partial charge on any atom is -0.499 e. The number of hydrogen-bond acceptors (Lipinski definition) is 6. The Hall–Kier alpha value is -3.81. The maximum Gasteiger partial charge on any atom is 0.168 e. The smallest absolute Gasteiger partial charge is 0.168 e. The molecule has 0 fully saturated rings. The lowest BCUT2D eigenvalue weighted by atomic mass is 10.0. The first-order chi connectivity index (χ1) is 16.1. The molecule has 1 aliphatic heterocycles. The van der Waals surface area contributed by atoms with E-state index >= 15 is 0 Å². The van der Waals surface area contributed by atoms with Gasteiger partial charge in [-0.1, -0.05) is 6.08 Å². The van der Waals surface area contributed by atoms with Crippen LogP contribution in [0, 0.1) is 18.7 Å². The zero-order valence-corrected chi connectivity index (χ0v) is 18.8.